The number of ether oxygens (including phenoxy) is 3. The first-order chi connectivity index (χ1) is 10.2. The molecule has 1 heterocycles. The average Bonchev–Trinajstić information content (AvgIpc) is 2.93. The van der Waals surface area contributed by atoms with Crippen molar-refractivity contribution in [1.29, 1.82) is 0 Å². The van der Waals surface area contributed by atoms with Gasteiger partial charge in [-0.25, -0.2) is 0 Å². The summed E-state index contributed by atoms with van der Waals surface area (Å²) in [5.41, 5.74) is 1.71. The number of aromatic hydroxyl groups is 1. The van der Waals surface area contributed by atoms with Gasteiger partial charge in [0.1, 0.15) is 0 Å². The SMILES string of the molecule is COc1cc(CNc2cc3c(cc2Cl)OCO3)ccc1O. The second-order valence-corrected chi connectivity index (χ2v) is 4.95. The molecule has 2 N–H and O–H groups in total. The second-order valence-electron chi connectivity index (χ2n) is 4.55. The third-order valence-electron chi connectivity index (χ3n) is 3.19. The van der Waals surface area contributed by atoms with E-state index in [9.17, 15) is 5.11 Å². The number of hydrogen-bond donors (Lipinski definition) is 2. The molecule has 21 heavy (non-hydrogen) atoms. The lowest BCUT2D eigenvalue weighted by Gasteiger charge is -2.11. The van der Waals surface area contributed by atoms with Crippen molar-refractivity contribution in [3.05, 3.63) is 40.9 Å². The fraction of sp³-hybridized carbons (Fsp3) is 0.200. The molecule has 0 amide bonds. The van der Waals surface area contributed by atoms with E-state index in [0.29, 0.717) is 28.8 Å². The predicted molar refractivity (Wildman–Crippen MR) is 79.6 cm³/mol. The van der Waals surface area contributed by atoms with Gasteiger partial charge in [0.25, 0.3) is 0 Å². The molecule has 2 aromatic carbocycles. The van der Waals surface area contributed by atoms with Crippen LogP contribution in [0.25, 0.3) is 0 Å². The average molecular weight is 308 g/mol. The van der Waals surface area contributed by atoms with Gasteiger partial charge in [-0.05, 0) is 17.7 Å². The molecule has 6 heteroatoms. The predicted octanol–water partition coefficient (Wildman–Crippen LogP) is 3.40. The van der Waals surface area contributed by atoms with Crippen LogP contribution in [0.5, 0.6) is 23.0 Å². The van der Waals surface area contributed by atoms with E-state index in [1.165, 1.54) is 7.11 Å². The van der Waals surface area contributed by atoms with Crippen LogP contribution in [0.15, 0.2) is 30.3 Å². The summed E-state index contributed by atoms with van der Waals surface area (Å²) in [6.45, 7) is 0.750. The van der Waals surface area contributed by atoms with Crippen LogP contribution in [0.4, 0.5) is 5.69 Å². The lowest BCUT2D eigenvalue weighted by Crippen LogP contribution is -2.00. The van der Waals surface area contributed by atoms with E-state index < -0.39 is 0 Å². The molecule has 110 valence electrons. The quantitative estimate of drug-likeness (QED) is 0.906. The van der Waals surface area contributed by atoms with Crippen LogP contribution in [0, 0.1) is 0 Å². The third kappa shape index (κ3) is 2.78. The Hall–Kier alpha value is -2.27. The Morgan fingerprint density at radius 2 is 2.00 bits per heavy atom. The first kappa shape index (κ1) is 13.7. The zero-order chi connectivity index (χ0) is 14.8. The van der Waals surface area contributed by atoms with Gasteiger partial charge in [-0.1, -0.05) is 17.7 Å². The Morgan fingerprint density at radius 3 is 2.76 bits per heavy atom. The van der Waals surface area contributed by atoms with Gasteiger partial charge >= 0.3 is 0 Å². The highest BCUT2D eigenvalue weighted by molar-refractivity contribution is 6.33. The number of phenolic OH excluding ortho intramolecular Hbond substituents is 1. The summed E-state index contributed by atoms with van der Waals surface area (Å²) in [7, 11) is 1.51. The summed E-state index contributed by atoms with van der Waals surface area (Å²) in [6, 6.07) is 8.71. The highest BCUT2D eigenvalue weighted by Crippen LogP contribution is 2.39. The van der Waals surface area contributed by atoms with E-state index in [4.69, 9.17) is 25.8 Å². The Morgan fingerprint density at radius 1 is 1.24 bits per heavy atom. The number of rotatable bonds is 4. The number of methoxy groups -OCH3 is 1. The van der Waals surface area contributed by atoms with Crippen molar-refractivity contribution in [1.82, 2.24) is 0 Å². The number of nitrogens with one attached hydrogen (secondary N) is 1. The maximum atomic E-state index is 9.57. The third-order valence-corrected chi connectivity index (χ3v) is 3.50. The normalized spacial score (nSPS) is 12.3. The molecular formula is C15H14ClNO4. The highest BCUT2D eigenvalue weighted by Gasteiger charge is 2.16. The number of benzene rings is 2. The highest BCUT2D eigenvalue weighted by atomic mass is 35.5. The zero-order valence-corrected chi connectivity index (χ0v) is 12.1. The molecule has 5 nitrogen and oxygen atoms in total. The zero-order valence-electron chi connectivity index (χ0n) is 11.4. The summed E-state index contributed by atoms with van der Waals surface area (Å²) in [6.07, 6.45) is 0. The van der Waals surface area contributed by atoms with E-state index in [1.807, 2.05) is 12.1 Å². The Balaban J connectivity index is 1.76. The standard InChI is InChI=1S/C15H14ClNO4/c1-19-13-4-9(2-3-12(13)18)7-17-11-6-15-14(5-10(11)16)20-8-21-15/h2-6,17-18H,7-8H2,1H3. The summed E-state index contributed by atoms with van der Waals surface area (Å²) in [5.74, 6) is 1.87. The van der Waals surface area contributed by atoms with Crippen molar-refractivity contribution in [2.24, 2.45) is 0 Å². The summed E-state index contributed by atoms with van der Waals surface area (Å²) in [4.78, 5) is 0. The van der Waals surface area contributed by atoms with Gasteiger partial charge in [-0.2, -0.15) is 0 Å². The van der Waals surface area contributed by atoms with Crippen molar-refractivity contribution in [2.75, 3.05) is 19.2 Å². The number of halogens is 1. The Kier molecular flexibility index (Phi) is 3.66. The molecule has 0 bridgehead atoms. The van der Waals surface area contributed by atoms with Crippen LogP contribution in [0.3, 0.4) is 0 Å². The molecule has 0 aromatic heterocycles. The minimum absolute atomic E-state index is 0.113. The van der Waals surface area contributed by atoms with E-state index in [-0.39, 0.29) is 12.5 Å². The minimum Gasteiger partial charge on any atom is -0.504 e. The van der Waals surface area contributed by atoms with Crippen molar-refractivity contribution < 1.29 is 19.3 Å². The maximum absolute atomic E-state index is 9.57. The van der Waals surface area contributed by atoms with Crippen LogP contribution in [-0.4, -0.2) is 19.0 Å². The summed E-state index contributed by atoms with van der Waals surface area (Å²) in [5, 5.41) is 13.4. The molecule has 0 radical (unpaired) electrons. The molecule has 1 aliphatic heterocycles. The van der Waals surface area contributed by atoms with E-state index in [2.05, 4.69) is 5.32 Å². The largest absolute Gasteiger partial charge is 0.504 e. The fourth-order valence-electron chi connectivity index (χ4n) is 2.08. The van der Waals surface area contributed by atoms with Crippen LogP contribution < -0.4 is 19.5 Å². The molecule has 2 aromatic rings. The van der Waals surface area contributed by atoms with Gasteiger partial charge < -0.3 is 24.6 Å². The second kappa shape index (κ2) is 5.61. The maximum Gasteiger partial charge on any atom is 0.231 e. The first-order valence-electron chi connectivity index (χ1n) is 6.36. The van der Waals surface area contributed by atoms with Crippen LogP contribution in [0.2, 0.25) is 5.02 Å². The number of hydrogen-bond acceptors (Lipinski definition) is 5. The van der Waals surface area contributed by atoms with Gasteiger partial charge in [0.05, 0.1) is 17.8 Å². The molecule has 0 aliphatic carbocycles. The number of anilines is 1. The molecule has 3 rings (SSSR count). The molecule has 1 aliphatic rings. The van der Waals surface area contributed by atoms with Crippen molar-refractivity contribution in [2.45, 2.75) is 6.54 Å². The number of phenols is 1. The topological polar surface area (TPSA) is 60.0 Å². The van der Waals surface area contributed by atoms with Crippen LogP contribution in [-0.2, 0) is 6.54 Å². The lowest BCUT2D eigenvalue weighted by molar-refractivity contribution is 0.174. The van der Waals surface area contributed by atoms with Crippen molar-refractivity contribution in [3.63, 3.8) is 0 Å². The van der Waals surface area contributed by atoms with Gasteiger partial charge in [-0.3, -0.25) is 0 Å². The lowest BCUT2D eigenvalue weighted by atomic mass is 10.2. The van der Waals surface area contributed by atoms with Gasteiger partial charge in [0.2, 0.25) is 6.79 Å². The van der Waals surface area contributed by atoms with Crippen molar-refractivity contribution >= 4 is 17.3 Å². The van der Waals surface area contributed by atoms with Crippen LogP contribution in [0.1, 0.15) is 5.56 Å². The molecule has 0 unspecified atom stereocenters. The Bertz CT molecular complexity index is 675. The fourth-order valence-corrected chi connectivity index (χ4v) is 2.30. The van der Waals surface area contributed by atoms with Gasteiger partial charge in [-0.15, -0.1) is 0 Å². The first-order valence-corrected chi connectivity index (χ1v) is 6.74. The molecule has 0 atom stereocenters. The summed E-state index contributed by atoms with van der Waals surface area (Å²) < 4.78 is 15.7. The number of fused-ring (bicyclic) bond motifs is 1. The molecule has 0 saturated heterocycles. The van der Waals surface area contributed by atoms with Gasteiger partial charge in [0, 0.05) is 18.7 Å². The van der Waals surface area contributed by atoms with Gasteiger partial charge in [0.15, 0.2) is 23.0 Å². The van der Waals surface area contributed by atoms with E-state index in [1.54, 1.807) is 18.2 Å². The van der Waals surface area contributed by atoms with E-state index in [0.717, 1.165) is 11.3 Å². The molecule has 0 spiro atoms. The molecule has 0 fully saturated rings. The molecular weight excluding hydrogens is 294 g/mol. The smallest absolute Gasteiger partial charge is 0.231 e. The van der Waals surface area contributed by atoms with E-state index >= 15 is 0 Å². The Labute approximate surface area is 127 Å². The molecule has 0 saturated carbocycles. The minimum atomic E-state index is 0.113. The van der Waals surface area contributed by atoms with Crippen LogP contribution >= 0.6 is 11.6 Å². The summed E-state index contributed by atoms with van der Waals surface area (Å²) >= 11 is 6.20. The van der Waals surface area contributed by atoms with Crippen molar-refractivity contribution in [3.8, 4) is 23.0 Å². The monoisotopic (exact) mass is 307 g/mol.